The molecule has 2 fully saturated rings. The number of likely N-dealkylation sites (tertiary alicyclic amines) is 1. The zero-order valence-electron chi connectivity index (χ0n) is 16.0. The third-order valence-corrected chi connectivity index (χ3v) is 6.47. The molecule has 0 spiro atoms. The van der Waals surface area contributed by atoms with Crippen molar-refractivity contribution in [1.29, 1.82) is 0 Å². The van der Waals surface area contributed by atoms with Crippen molar-refractivity contribution in [3.05, 3.63) is 54.2 Å². The van der Waals surface area contributed by atoms with E-state index in [0.717, 1.165) is 42.8 Å². The van der Waals surface area contributed by atoms with Crippen LogP contribution in [-0.4, -0.2) is 54.3 Å². The first-order chi connectivity index (χ1) is 13.6. The van der Waals surface area contributed by atoms with E-state index in [0.29, 0.717) is 18.3 Å². The highest BCUT2D eigenvalue weighted by molar-refractivity contribution is 5.79. The molecule has 2 aliphatic rings. The number of nitrogens with zero attached hydrogens (tertiary/aromatic N) is 5. The number of imidazole rings is 1. The Morgan fingerprint density at radius 2 is 2.04 bits per heavy atom. The SMILES string of the molecule is Cc1cccn2c(CC(=O)N3C[C@H]4C[C@@H](n5cccn5)[C@H](O)C[C@H]4C3)cnc12. The molecule has 7 heteroatoms. The van der Waals surface area contributed by atoms with Crippen molar-refractivity contribution in [2.24, 2.45) is 11.8 Å². The molecule has 1 aliphatic heterocycles. The van der Waals surface area contributed by atoms with E-state index in [2.05, 4.69) is 10.1 Å². The molecule has 0 aromatic carbocycles. The lowest BCUT2D eigenvalue weighted by atomic mass is 9.77. The fourth-order valence-corrected chi connectivity index (χ4v) is 4.97. The van der Waals surface area contributed by atoms with E-state index in [9.17, 15) is 9.90 Å². The Morgan fingerprint density at radius 1 is 1.21 bits per heavy atom. The third kappa shape index (κ3) is 2.90. The lowest BCUT2D eigenvalue weighted by molar-refractivity contribution is -0.129. The summed E-state index contributed by atoms with van der Waals surface area (Å²) in [5.74, 6) is 0.934. The fraction of sp³-hybridized carbons (Fsp3) is 0.476. The molecule has 4 atom stereocenters. The van der Waals surface area contributed by atoms with Crippen molar-refractivity contribution in [1.82, 2.24) is 24.1 Å². The van der Waals surface area contributed by atoms with Gasteiger partial charge in [0.1, 0.15) is 5.65 Å². The predicted molar refractivity (Wildman–Crippen MR) is 104 cm³/mol. The summed E-state index contributed by atoms with van der Waals surface area (Å²) in [6, 6.07) is 5.91. The van der Waals surface area contributed by atoms with Crippen molar-refractivity contribution in [2.45, 2.75) is 38.3 Å². The van der Waals surface area contributed by atoms with E-state index in [4.69, 9.17) is 0 Å². The monoisotopic (exact) mass is 379 g/mol. The van der Waals surface area contributed by atoms with Crippen LogP contribution >= 0.6 is 0 Å². The second-order valence-electron chi connectivity index (χ2n) is 8.22. The zero-order valence-corrected chi connectivity index (χ0v) is 16.0. The summed E-state index contributed by atoms with van der Waals surface area (Å²) in [4.78, 5) is 19.4. The Kier molecular flexibility index (Phi) is 4.19. The molecule has 1 aliphatic carbocycles. The molecule has 7 nitrogen and oxygen atoms in total. The first-order valence-corrected chi connectivity index (χ1v) is 9.96. The summed E-state index contributed by atoms with van der Waals surface area (Å²) >= 11 is 0. The first-order valence-electron chi connectivity index (χ1n) is 9.96. The van der Waals surface area contributed by atoms with Crippen LogP contribution in [0.4, 0.5) is 0 Å². The third-order valence-electron chi connectivity index (χ3n) is 6.47. The van der Waals surface area contributed by atoms with Gasteiger partial charge in [0.15, 0.2) is 0 Å². The molecule has 1 amide bonds. The average Bonchev–Trinajstić information content (AvgIpc) is 3.41. The Hall–Kier alpha value is -2.67. The molecule has 0 bridgehead atoms. The van der Waals surface area contributed by atoms with Crippen LogP contribution in [0.25, 0.3) is 5.65 Å². The molecule has 146 valence electrons. The van der Waals surface area contributed by atoms with Crippen LogP contribution in [0.2, 0.25) is 0 Å². The van der Waals surface area contributed by atoms with Gasteiger partial charge in [-0.1, -0.05) is 6.07 Å². The maximum atomic E-state index is 13.0. The largest absolute Gasteiger partial charge is 0.391 e. The van der Waals surface area contributed by atoms with Crippen molar-refractivity contribution in [3.63, 3.8) is 0 Å². The lowest BCUT2D eigenvalue weighted by Crippen LogP contribution is -2.36. The number of amides is 1. The highest BCUT2D eigenvalue weighted by Gasteiger charge is 2.43. The summed E-state index contributed by atoms with van der Waals surface area (Å²) in [6.45, 7) is 3.53. The van der Waals surface area contributed by atoms with Gasteiger partial charge in [-0.25, -0.2) is 4.98 Å². The molecule has 3 aromatic heterocycles. The Balaban J connectivity index is 1.29. The topological polar surface area (TPSA) is 75.7 Å². The summed E-state index contributed by atoms with van der Waals surface area (Å²) < 4.78 is 3.87. The second kappa shape index (κ2) is 6.74. The van der Waals surface area contributed by atoms with Gasteiger partial charge in [0.2, 0.25) is 5.91 Å². The normalized spacial score (nSPS) is 27.3. The quantitative estimate of drug-likeness (QED) is 0.754. The van der Waals surface area contributed by atoms with Crippen LogP contribution in [0, 0.1) is 18.8 Å². The number of aliphatic hydroxyl groups excluding tert-OH is 1. The summed E-state index contributed by atoms with van der Waals surface area (Å²) in [7, 11) is 0. The molecule has 3 aromatic rings. The van der Waals surface area contributed by atoms with Crippen molar-refractivity contribution in [3.8, 4) is 0 Å². The molecule has 1 saturated carbocycles. The summed E-state index contributed by atoms with van der Waals surface area (Å²) in [6.07, 6.45) is 8.99. The summed E-state index contributed by atoms with van der Waals surface area (Å²) in [5, 5.41) is 14.9. The number of fused-ring (bicyclic) bond motifs is 2. The number of hydrogen-bond acceptors (Lipinski definition) is 4. The van der Waals surface area contributed by atoms with Gasteiger partial charge in [0, 0.05) is 37.9 Å². The van der Waals surface area contributed by atoms with Crippen LogP contribution in [0.15, 0.2) is 43.0 Å². The number of aromatic nitrogens is 4. The number of rotatable bonds is 3. The molecule has 5 rings (SSSR count). The Morgan fingerprint density at radius 3 is 2.82 bits per heavy atom. The Labute approximate surface area is 163 Å². The maximum absolute atomic E-state index is 13.0. The number of pyridine rings is 1. The van der Waals surface area contributed by atoms with Crippen molar-refractivity contribution in [2.75, 3.05) is 13.1 Å². The molecule has 0 radical (unpaired) electrons. The minimum Gasteiger partial charge on any atom is -0.391 e. The van der Waals surface area contributed by atoms with Gasteiger partial charge < -0.3 is 14.4 Å². The summed E-state index contributed by atoms with van der Waals surface area (Å²) in [5.41, 5.74) is 2.94. The number of aliphatic hydroxyl groups is 1. The minimum atomic E-state index is -0.405. The molecule has 1 saturated heterocycles. The van der Waals surface area contributed by atoms with E-state index in [-0.39, 0.29) is 11.9 Å². The van der Waals surface area contributed by atoms with Gasteiger partial charge in [-0.15, -0.1) is 0 Å². The number of carbonyl (C=O) groups excluding carboxylic acids is 1. The smallest absolute Gasteiger partial charge is 0.228 e. The predicted octanol–water partition coefficient (Wildman–Crippen LogP) is 1.85. The van der Waals surface area contributed by atoms with E-state index in [1.54, 1.807) is 12.4 Å². The van der Waals surface area contributed by atoms with Gasteiger partial charge in [-0.05, 0) is 49.3 Å². The molecule has 28 heavy (non-hydrogen) atoms. The number of aryl methyl sites for hydroxylation is 1. The number of carbonyl (C=O) groups is 1. The minimum absolute atomic E-state index is 0.00745. The Bertz CT molecular complexity index is 996. The molecule has 1 N–H and O–H groups in total. The number of hydrogen-bond donors (Lipinski definition) is 1. The van der Waals surface area contributed by atoms with Gasteiger partial charge in [0.25, 0.3) is 0 Å². The van der Waals surface area contributed by atoms with E-state index in [1.807, 2.05) is 51.5 Å². The lowest BCUT2D eigenvalue weighted by Gasteiger charge is -2.35. The van der Waals surface area contributed by atoms with Crippen molar-refractivity contribution < 1.29 is 9.90 Å². The van der Waals surface area contributed by atoms with Crippen molar-refractivity contribution >= 4 is 11.6 Å². The van der Waals surface area contributed by atoms with Crippen LogP contribution in [0.5, 0.6) is 0 Å². The second-order valence-corrected chi connectivity index (χ2v) is 8.22. The van der Waals surface area contributed by atoms with Crippen LogP contribution < -0.4 is 0 Å². The molecular formula is C21H25N5O2. The van der Waals surface area contributed by atoms with E-state index in [1.165, 1.54) is 0 Å². The highest BCUT2D eigenvalue weighted by atomic mass is 16.3. The molecule has 0 unspecified atom stereocenters. The van der Waals surface area contributed by atoms with Gasteiger partial charge in [-0.3, -0.25) is 9.48 Å². The fourth-order valence-electron chi connectivity index (χ4n) is 4.97. The first kappa shape index (κ1) is 17.4. The zero-order chi connectivity index (χ0) is 19.3. The van der Waals surface area contributed by atoms with Gasteiger partial charge in [-0.2, -0.15) is 5.10 Å². The van der Waals surface area contributed by atoms with E-state index >= 15 is 0 Å². The maximum Gasteiger partial charge on any atom is 0.228 e. The average molecular weight is 379 g/mol. The standard InChI is InChI=1S/C21H25N5O2/c1-14-4-2-6-25-17(11-22-21(14)25)10-20(28)24-12-15-8-18(26-7-3-5-23-26)19(27)9-16(15)13-24/h2-7,11,15-16,18-19,27H,8-10,12-13H2,1H3/t15-,16+,18-,19-/m1/s1. The van der Waals surface area contributed by atoms with Crippen LogP contribution in [0.1, 0.15) is 30.1 Å². The van der Waals surface area contributed by atoms with Gasteiger partial charge >= 0.3 is 0 Å². The van der Waals surface area contributed by atoms with Crippen LogP contribution in [-0.2, 0) is 11.2 Å². The highest BCUT2D eigenvalue weighted by Crippen LogP contribution is 2.41. The van der Waals surface area contributed by atoms with Gasteiger partial charge in [0.05, 0.1) is 24.3 Å². The molecular weight excluding hydrogens is 354 g/mol. The van der Waals surface area contributed by atoms with E-state index < -0.39 is 6.10 Å². The van der Waals surface area contributed by atoms with Crippen LogP contribution in [0.3, 0.4) is 0 Å². The molecule has 4 heterocycles.